The smallest absolute Gasteiger partial charge is 0.289 e. The molecule has 0 unspecified atom stereocenters. The summed E-state index contributed by atoms with van der Waals surface area (Å²) >= 11 is 0. The van der Waals surface area contributed by atoms with Crippen molar-refractivity contribution in [3.05, 3.63) is 59.4 Å². The number of benzene rings is 2. The van der Waals surface area contributed by atoms with Crippen LogP contribution in [0.5, 0.6) is 0 Å². The first kappa shape index (κ1) is 20.9. The van der Waals surface area contributed by atoms with Crippen LogP contribution < -0.4 is 9.80 Å². The van der Waals surface area contributed by atoms with Crippen molar-refractivity contribution in [1.82, 2.24) is 9.80 Å². The van der Waals surface area contributed by atoms with Gasteiger partial charge in [-0.05, 0) is 56.3 Å². The highest BCUT2D eigenvalue weighted by molar-refractivity contribution is 6.00. The van der Waals surface area contributed by atoms with E-state index in [0.717, 1.165) is 55.9 Å². The standard InChI is InChI=1S/C26H32N4O2/c1-19-6-4-7-22(20(19)2)28-14-16-30(17-15-28)26(31)25-18-21-23(8-5-9-24(21)32-25)29-12-10-27(3)11-13-29/h4-9,18H,10-17H2,1-3H3. The van der Waals surface area contributed by atoms with Crippen LogP contribution in [0, 0.1) is 13.8 Å². The molecule has 0 N–H and O–H groups in total. The third-order valence-corrected chi connectivity index (χ3v) is 7.08. The quantitative estimate of drug-likeness (QED) is 0.631. The van der Waals surface area contributed by atoms with Crippen LogP contribution in [0.3, 0.4) is 0 Å². The summed E-state index contributed by atoms with van der Waals surface area (Å²) in [4.78, 5) is 22.3. The first-order valence-electron chi connectivity index (χ1n) is 11.6. The Morgan fingerprint density at radius 3 is 2.19 bits per heavy atom. The van der Waals surface area contributed by atoms with Gasteiger partial charge in [-0.2, -0.15) is 0 Å². The molecule has 0 bridgehead atoms. The fourth-order valence-corrected chi connectivity index (χ4v) is 4.86. The van der Waals surface area contributed by atoms with Gasteiger partial charge in [0.1, 0.15) is 5.58 Å². The molecule has 0 radical (unpaired) electrons. The Balaban J connectivity index is 1.31. The number of amides is 1. The topological polar surface area (TPSA) is 43.2 Å². The summed E-state index contributed by atoms with van der Waals surface area (Å²) in [5.74, 6) is 0.438. The molecule has 0 saturated carbocycles. The van der Waals surface area contributed by atoms with E-state index in [2.05, 4.69) is 59.9 Å². The SMILES string of the molecule is Cc1cccc(N2CCN(C(=O)c3cc4c(N5CCN(C)CC5)cccc4o3)CC2)c1C. The molecule has 0 spiro atoms. The van der Waals surface area contributed by atoms with Gasteiger partial charge in [-0.3, -0.25) is 4.79 Å². The fourth-order valence-electron chi connectivity index (χ4n) is 4.86. The van der Waals surface area contributed by atoms with Gasteiger partial charge in [-0.15, -0.1) is 0 Å². The van der Waals surface area contributed by atoms with Gasteiger partial charge in [0.05, 0.1) is 0 Å². The zero-order chi connectivity index (χ0) is 22.2. The van der Waals surface area contributed by atoms with Crippen LogP contribution in [0.25, 0.3) is 11.0 Å². The van der Waals surface area contributed by atoms with Crippen LogP contribution in [0.4, 0.5) is 11.4 Å². The summed E-state index contributed by atoms with van der Waals surface area (Å²) in [5.41, 5.74) is 5.86. The van der Waals surface area contributed by atoms with E-state index in [9.17, 15) is 4.79 Å². The van der Waals surface area contributed by atoms with Gasteiger partial charge >= 0.3 is 0 Å². The summed E-state index contributed by atoms with van der Waals surface area (Å²) in [6.07, 6.45) is 0. The van der Waals surface area contributed by atoms with E-state index in [-0.39, 0.29) is 5.91 Å². The third-order valence-electron chi connectivity index (χ3n) is 7.08. The molecular weight excluding hydrogens is 400 g/mol. The Hall–Kier alpha value is -2.99. The van der Waals surface area contributed by atoms with Crippen molar-refractivity contribution >= 4 is 28.3 Å². The molecule has 2 aliphatic heterocycles. The van der Waals surface area contributed by atoms with Crippen molar-refractivity contribution in [3.63, 3.8) is 0 Å². The van der Waals surface area contributed by atoms with Crippen LogP contribution in [0.1, 0.15) is 21.7 Å². The van der Waals surface area contributed by atoms with E-state index < -0.39 is 0 Å². The summed E-state index contributed by atoms with van der Waals surface area (Å²) in [6, 6.07) is 14.5. The average molecular weight is 433 g/mol. The molecule has 2 fully saturated rings. The van der Waals surface area contributed by atoms with E-state index in [1.807, 2.05) is 23.1 Å². The van der Waals surface area contributed by atoms with Crippen LogP contribution in [0.15, 0.2) is 46.9 Å². The van der Waals surface area contributed by atoms with Crippen molar-refractivity contribution in [2.24, 2.45) is 0 Å². The second-order valence-electron chi connectivity index (χ2n) is 9.09. The molecule has 2 aromatic carbocycles. The Bertz CT molecular complexity index is 1120. The maximum Gasteiger partial charge on any atom is 0.289 e. The van der Waals surface area contributed by atoms with Gasteiger partial charge in [-0.1, -0.05) is 18.2 Å². The van der Waals surface area contributed by atoms with E-state index in [1.165, 1.54) is 16.8 Å². The number of carbonyl (C=O) groups is 1. The van der Waals surface area contributed by atoms with Crippen molar-refractivity contribution < 1.29 is 9.21 Å². The highest BCUT2D eigenvalue weighted by Gasteiger charge is 2.26. The van der Waals surface area contributed by atoms with E-state index in [1.54, 1.807) is 0 Å². The Kier molecular flexibility index (Phi) is 5.55. The number of anilines is 2. The summed E-state index contributed by atoms with van der Waals surface area (Å²) in [7, 11) is 2.16. The Morgan fingerprint density at radius 1 is 0.812 bits per heavy atom. The van der Waals surface area contributed by atoms with Crippen LogP contribution in [0.2, 0.25) is 0 Å². The largest absolute Gasteiger partial charge is 0.451 e. The molecule has 1 amide bonds. The lowest BCUT2D eigenvalue weighted by Crippen LogP contribution is -2.49. The molecule has 5 rings (SSSR count). The normalized spacial score (nSPS) is 17.9. The van der Waals surface area contributed by atoms with Gasteiger partial charge in [-0.25, -0.2) is 0 Å². The predicted molar refractivity (Wildman–Crippen MR) is 130 cm³/mol. The zero-order valence-corrected chi connectivity index (χ0v) is 19.3. The molecule has 3 aromatic rings. The monoisotopic (exact) mass is 432 g/mol. The molecule has 0 aliphatic carbocycles. The first-order chi connectivity index (χ1) is 15.5. The lowest BCUT2D eigenvalue weighted by atomic mass is 10.1. The van der Waals surface area contributed by atoms with Gasteiger partial charge in [0, 0.05) is 69.1 Å². The number of furan rings is 1. The van der Waals surface area contributed by atoms with E-state index in [4.69, 9.17) is 4.42 Å². The third kappa shape index (κ3) is 3.84. The Labute approximate surface area is 190 Å². The number of hydrogen-bond donors (Lipinski definition) is 0. The lowest BCUT2D eigenvalue weighted by molar-refractivity contribution is 0.0717. The molecule has 168 valence electrons. The summed E-state index contributed by atoms with van der Waals surface area (Å²) < 4.78 is 6.04. The molecule has 0 atom stereocenters. The minimum absolute atomic E-state index is 0.00820. The number of fused-ring (bicyclic) bond motifs is 1. The second kappa shape index (κ2) is 8.51. The molecular formula is C26H32N4O2. The number of likely N-dealkylation sites (N-methyl/N-ethyl adjacent to an activating group) is 1. The average Bonchev–Trinajstić information content (AvgIpc) is 3.26. The number of aryl methyl sites for hydroxylation is 1. The number of hydrogen-bond acceptors (Lipinski definition) is 5. The van der Waals surface area contributed by atoms with Crippen LogP contribution >= 0.6 is 0 Å². The zero-order valence-electron chi connectivity index (χ0n) is 19.3. The van der Waals surface area contributed by atoms with Crippen molar-refractivity contribution in [3.8, 4) is 0 Å². The highest BCUT2D eigenvalue weighted by atomic mass is 16.3. The van der Waals surface area contributed by atoms with Crippen molar-refractivity contribution in [2.45, 2.75) is 13.8 Å². The van der Waals surface area contributed by atoms with Gasteiger partial charge in [0.2, 0.25) is 0 Å². The van der Waals surface area contributed by atoms with Crippen molar-refractivity contribution in [2.75, 3.05) is 69.2 Å². The Morgan fingerprint density at radius 2 is 1.44 bits per heavy atom. The molecule has 1 aromatic heterocycles. The molecule has 2 saturated heterocycles. The maximum atomic E-state index is 13.3. The minimum Gasteiger partial charge on any atom is -0.451 e. The van der Waals surface area contributed by atoms with Crippen LogP contribution in [-0.4, -0.2) is 75.1 Å². The molecule has 3 heterocycles. The second-order valence-corrected chi connectivity index (χ2v) is 9.09. The van der Waals surface area contributed by atoms with E-state index >= 15 is 0 Å². The molecule has 32 heavy (non-hydrogen) atoms. The maximum absolute atomic E-state index is 13.3. The predicted octanol–water partition coefficient (Wildman–Crippen LogP) is 3.76. The fraction of sp³-hybridized carbons (Fsp3) is 0.423. The summed E-state index contributed by atoms with van der Waals surface area (Å²) in [6.45, 7) is 11.5. The lowest BCUT2D eigenvalue weighted by Gasteiger charge is -2.36. The minimum atomic E-state index is -0.00820. The van der Waals surface area contributed by atoms with Gasteiger partial charge in [0.15, 0.2) is 5.76 Å². The van der Waals surface area contributed by atoms with Gasteiger partial charge < -0.3 is 24.0 Å². The number of nitrogens with zero attached hydrogens (tertiary/aromatic N) is 4. The highest BCUT2D eigenvalue weighted by Crippen LogP contribution is 2.31. The molecule has 6 nitrogen and oxygen atoms in total. The molecule has 6 heteroatoms. The number of carbonyl (C=O) groups excluding carboxylic acids is 1. The van der Waals surface area contributed by atoms with Crippen molar-refractivity contribution in [1.29, 1.82) is 0 Å². The number of rotatable bonds is 3. The van der Waals surface area contributed by atoms with Gasteiger partial charge in [0.25, 0.3) is 5.91 Å². The summed E-state index contributed by atoms with van der Waals surface area (Å²) in [5, 5.41) is 1.04. The first-order valence-corrected chi connectivity index (χ1v) is 11.6. The van der Waals surface area contributed by atoms with Crippen LogP contribution in [-0.2, 0) is 0 Å². The number of piperazine rings is 2. The van der Waals surface area contributed by atoms with E-state index in [0.29, 0.717) is 18.8 Å². The molecule has 2 aliphatic rings.